The zero-order valence-electron chi connectivity index (χ0n) is 11.1. The van der Waals surface area contributed by atoms with E-state index in [-0.39, 0.29) is 11.7 Å². The normalized spacial score (nSPS) is 17.4. The first-order valence-electron chi connectivity index (χ1n) is 6.60. The van der Waals surface area contributed by atoms with Crippen LogP contribution in [0, 0.1) is 0 Å². The van der Waals surface area contributed by atoms with Gasteiger partial charge >= 0.3 is 0 Å². The van der Waals surface area contributed by atoms with Gasteiger partial charge in [0.1, 0.15) is 9.84 Å². The lowest BCUT2D eigenvalue weighted by molar-refractivity contribution is 0.556. The van der Waals surface area contributed by atoms with Gasteiger partial charge in [0, 0.05) is 23.3 Å². The third-order valence-corrected chi connectivity index (χ3v) is 4.86. The first-order valence-corrected chi connectivity index (χ1v) is 9.46. The number of benzene rings is 1. The molecule has 0 spiro atoms. The van der Waals surface area contributed by atoms with Crippen LogP contribution < -0.4 is 5.32 Å². The topological polar surface area (TPSA) is 46.2 Å². The molecule has 0 bridgehead atoms. The minimum absolute atomic E-state index is 0.247. The molecule has 0 aliphatic heterocycles. The summed E-state index contributed by atoms with van der Waals surface area (Å²) >= 11 is 3.47. The van der Waals surface area contributed by atoms with E-state index in [1.54, 1.807) is 0 Å². The van der Waals surface area contributed by atoms with Gasteiger partial charge in [0.05, 0.1) is 5.75 Å². The fourth-order valence-corrected chi connectivity index (χ4v) is 3.23. The Hall–Kier alpha value is -0.390. The fraction of sp³-hybridized carbons (Fsp3) is 0.571. The van der Waals surface area contributed by atoms with E-state index in [2.05, 4.69) is 33.4 Å². The van der Waals surface area contributed by atoms with Gasteiger partial charge in [-0.05, 0) is 42.9 Å². The highest BCUT2D eigenvalue weighted by molar-refractivity contribution is 9.10. The van der Waals surface area contributed by atoms with Crippen LogP contribution in [0.3, 0.4) is 0 Å². The van der Waals surface area contributed by atoms with Gasteiger partial charge in [-0.25, -0.2) is 8.42 Å². The molecular formula is C14H20BrNO2S. The minimum atomic E-state index is -2.90. The van der Waals surface area contributed by atoms with Crippen LogP contribution in [0.25, 0.3) is 0 Å². The van der Waals surface area contributed by atoms with Crippen molar-refractivity contribution in [3.63, 3.8) is 0 Å². The predicted octanol–water partition coefficient (Wildman–Crippen LogP) is 2.72. The predicted molar refractivity (Wildman–Crippen MR) is 82.2 cm³/mol. The summed E-state index contributed by atoms with van der Waals surface area (Å²) in [6.07, 6.45) is 4.48. The Morgan fingerprint density at radius 1 is 1.42 bits per heavy atom. The Kier molecular flexibility index (Phi) is 5.03. The van der Waals surface area contributed by atoms with Crippen molar-refractivity contribution in [1.29, 1.82) is 0 Å². The molecule has 1 fully saturated rings. The number of rotatable bonds is 7. The third-order valence-electron chi connectivity index (χ3n) is 3.39. The maximum absolute atomic E-state index is 11.4. The van der Waals surface area contributed by atoms with Crippen molar-refractivity contribution in [2.24, 2.45) is 0 Å². The molecule has 5 heteroatoms. The van der Waals surface area contributed by atoms with Crippen molar-refractivity contribution in [2.45, 2.75) is 31.2 Å². The molecule has 0 radical (unpaired) electrons. The van der Waals surface area contributed by atoms with E-state index in [1.165, 1.54) is 24.7 Å². The summed E-state index contributed by atoms with van der Waals surface area (Å²) in [6.45, 7) is 0.858. The molecule has 0 heterocycles. The summed E-state index contributed by atoms with van der Waals surface area (Å²) in [7, 11) is -2.90. The maximum Gasteiger partial charge on any atom is 0.147 e. The molecule has 1 atom stereocenters. The van der Waals surface area contributed by atoms with Crippen LogP contribution in [0.2, 0.25) is 0 Å². The third kappa shape index (κ3) is 5.63. The van der Waals surface area contributed by atoms with Gasteiger partial charge in [-0.1, -0.05) is 28.1 Å². The van der Waals surface area contributed by atoms with Gasteiger partial charge in [-0.15, -0.1) is 0 Å². The van der Waals surface area contributed by atoms with Gasteiger partial charge in [-0.2, -0.15) is 0 Å². The van der Waals surface area contributed by atoms with Crippen molar-refractivity contribution < 1.29 is 8.42 Å². The summed E-state index contributed by atoms with van der Waals surface area (Å²) in [5.41, 5.74) is 1.20. The summed E-state index contributed by atoms with van der Waals surface area (Å²) in [5.74, 6) is 0.504. The number of nitrogens with one attached hydrogen (secondary N) is 1. The van der Waals surface area contributed by atoms with Crippen LogP contribution in [-0.4, -0.2) is 33.0 Å². The standard InChI is InChI=1S/C14H20BrNO2S/c1-19(17,18)8-7-12(10-16-14-5-6-14)11-3-2-4-13(15)9-11/h2-4,9,12,14,16H,5-8,10H2,1H3. The Labute approximate surface area is 123 Å². The largest absolute Gasteiger partial charge is 0.313 e. The molecule has 19 heavy (non-hydrogen) atoms. The molecule has 1 aliphatic carbocycles. The van der Waals surface area contributed by atoms with Crippen molar-refractivity contribution in [2.75, 3.05) is 18.6 Å². The minimum Gasteiger partial charge on any atom is -0.313 e. The van der Waals surface area contributed by atoms with Crippen LogP contribution in [0.15, 0.2) is 28.7 Å². The van der Waals surface area contributed by atoms with Crippen LogP contribution in [0.5, 0.6) is 0 Å². The summed E-state index contributed by atoms with van der Waals surface area (Å²) < 4.78 is 23.8. The quantitative estimate of drug-likeness (QED) is 0.826. The Morgan fingerprint density at radius 2 is 2.16 bits per heavy atom. The van der Waals surface area contributed by atoms with Crippen LogP contribution in [0.4, 0.5) is 0 Å². The molecule has 1 N–H and O–H groups in total. The van der Waals surface area contributed by atoms with E-state index in [9.17, 15) is 8.42 Å². The van der Waals surface area contributed by atoms with Crippen molar-refractivity contribution >= 4 is 25.8 Å². The summed E-state index contributed by atoms with van der Waals surface area (Å²) in [6, 6.07) is 8.80. The molecule has 3 nitrogen and oxygen atoms in total. The second kappa shape index (κ2) is 6.37. The molecular weight excluding hydrogens is 326 g/mol. The van der Waals surface area contributed by atoms with Crippen LogP contribution >= 0.6 is 15.9 Å². The van der Waals surface area contributed by atoms with Gasteiger partial charge in [0.15, 0.2) is 0 Å². The van der Waals surface area contributed by atoms with Gasteiger partial charge in [-0.3, -0.25) is 0 Å². The number of hydrogen-bond acceptors (Lipinski definition) is 3. The smallest absolute Gasteiger partial charge is 0.147 e. The van der Waals surface area contributed by atoms with Crippen molar-refractivity contribution in [1.82, 2.24) is 5.32 Å². The molecule has 1 saturated carbocycles. The lowest BCUT2D eigenvalue weighted by Crippen LogP contribution is -2.25. The summed E-state index contributed by atoms with van der Waals surface area (Å²) in [5, 5.41) is 3.50. The second-order valence-electron chi connectivity index (χ2n) is 5.35. The monoisotopic (exact) mass is 345 g/mol. The number of sulfone groups is 1. The Balaban J connectivity index is 2.03. The van der Waals surface area contributed by atoms with E-state index in [0.29, 0.717) is 12.5 Å². The highest BCUT2D eigenvalue weighted by Gasteiger charge is 2.23. The molecule has 1 aromatic rings. The lowest BCUT2D eigenvalue weighted by Gasteiger charge is -2.18. The van der Waals surface area contributed by atoms with Crippen molar-refractivity contribution in [3.05, 3.63) is 34.3 Å². The molecule has 0 saturated heterocycles. The van der Waals surface area contributed by atoms with E-state index >= 15 is 0 Å². The zero-order valence-corrected chi connectivity index (χ0v) is 13.5. The van der Waals surface area contributed by atoms with Gasteiger partial charge < -0.3 is 5.32 Å². The zero-order chi connectivity index (χ0) is 13.9. The fourth-order valence-electron chi connectivity index (χ4n) is 2.10. The van der Waals surface area contributed by atoms with Gasteiger partial charge in [0.25, 0.3) is 0 Å². The molecule has 0 aromatic heterocycles. The number of halogens is 1. The Bertz CT molecular complexity index is 526. The Morgan fingerprint density at radius 3 is 2.74 bits per heavy atom. The number of hydrogen-bond donors (Lipinski definition) is 1. The van der Waals surface area contributed by atoms with Crippen LogP contribution in [0.1, 0.15) is 30.7 Å². The average molecular weight is 346 g/mol. The molecule has 2 rings (SSSR count). The molecule has 1 aliphatic rings. The van der Waals surface area contributed by atoms with E-state index in [4.69, 9.17) is 0 Å². The average Bonchev–Trinajstić information content (AvgIpc) is 3.11. The van der Waals surface area contributed by atoms with E-state index < -0.39 is 9.84 Å². The highest BCUT2D eigenvalue weighted by Crippen LogP contribution is 2.25. The van der Waals surface area contributed by atoms with E-state index in [1.807, 2.05) is 12.1 Å². The second-order valence-corrected chi connectivity index (χ2v) is 8.53. The lowest BCUT2D eigenvalue weighted by atomic mass is 9.96. The maximum atomic E-state index is 11.4. The highest BCUT2D eigenvalue weighted by atomic mass is 79.9. The first kappa shape index (κ1) is 15.0. The van der Waals surface area contributed by atoms with Crippen molar-refractivity contribution in [3.8, 4) is 0 Å². The molecule has 106 valence electrons. The molecule has 1 unspecified atom stereocenters. The van der Waals surface area contributed by atoms with Gasteiger partial charge in [0.2, 0.25) is 0 Å². The molecule has 0 amide bonds. The summed E-state index contributed by atoms with van der Waals surface area (Å²) in [4.78, 5) is 0. The van der Waals surface area contributed by atoms with E-state index in [0.717, 1.165) is 11.0 Å². The SMILES string of the molecule is CS(=O)(=O)CCC(CNC1CC1)c1cccc(Br)c1. The first-order chi connectivity index (χ1) is 8.94. The molecule has 1 aromatic carbocycles. The van der Waals surface area contributed by atoms with Crippen LogP contribution in [-0.2, 0) is 9.84 Å².